The summed E-state index contributed by atoms with van der Waals surface area (Å²) in [5, 5.41) is 3.63. The Bertz CT molecular complexity index is 213. The predicted molar refractivity (Wildman–Crippen MR) is 65.1 cm³/mol. The molecule has 0 spiro atoms. The van der Waals surface area contributed by atoms with E-state index in [2.05, 4.69) is 31.0 Å². The van der Waals surface area contributed by atoms with Crippen molar-refractivity contribution in [1.29, 1.82) is 0 Å². The SMILES string of the molecule is CCN1CCCC1CC1CNC(C)(C)C1. The first-order valence-corrected chi connectivity index (χ1v) is 6.60. The van der Waals surface area contributed by atoms with E-state index in [-0.39, 0.29) is 0 Å². The van der Waals surface area contributed by atoms with Gasteiger partial charge in [0.25, 0.3) is 0 Å². The first-order valence-electron chi connectivity index (χ1n) is 6.60. The van der Waals surface area contributed by atoms with Crippen molar-refractivity contribution in [3.05, 3.63) is 0 Å². The Morgan fingerprint density at radius 1 is 1.40 bits per heavy atom. The highest BCUT2D eigenvalue weighted by atomic mass is 15.2. The van der Waals surface area contributed by atoms with Gasteiger partial charge in [0.1, 0.15) is 0 Å². The summed E-state index contributed by atoms with van der Waals surface area (Å²) < 4.78 is 0. The number of hydrogen-bond acceptors (Lipinski definition) is 2. The maximum Gasteiger partial charge on any atom is 0.0128 e. The second-order valence-electron chi connectivity index (χ2n) is 6.00. The first kappa shape index (κ1) is 11.4. The zero-order valence-corrected chi connectivity index (χ0v) is 10.6. The molecule has 2 rings (SSSR count). The molecular weight excluding hydrogens is 184 g/mol. The van der Waals surface area contributed by atoms with Gasteiger partial charge >= 0.3 is 0 Å². The van der Waals surface area contributed by atoms with Crippen LogP contribution in [0.2, 0.25) is 0 Å². The summed E-state index contributed by atoms with van der Waals surface area (Å²) in [6.07, 6.45) is 5.64. The highest BCUT2D eigenvalue weighted by Crippen LogP contribution is 2.30. The molecule has 2 heterocycles. The molecule has 2 aliphatic heterocycles. The molecule has 0 aromatic heterocycles. The van der Waals surface area contributed by atoms with Gasteiger partial charge in [-0.1, -0.05) is 6.92 Å². The number of nitrogens with one attached hydrogen (secondary N) is 1. The van der Waals surface area contributed by atoms with Crippen LogP contribution in [-0.4, -0.2) is 36.1 Å². The Morgan fingerprint density at radius 2 is 2.20 bits per heavy atom. The van der Waals surface area contributed by atoms with Crippen LogP contribution < -0.4 is 5.32 Å². The Balaban J connectivity index is 1.82. The van der Waals surface area contributed by atoms with Gasteiger partial charge in [-0.2, -0.15) is 0 Å². The second-order valence-corrected chi connectivity index (χ2v) is 6.00. The van der Waals surface area contributed by atoms with E-state index in [1.54, 1.807) is 0 Å². The van der Waals surface area contributed by atoms with Crippen molar-refractivity contribution in [2.75, 3.05) is 19.6 Å². The smallest absolute Gasteiger partial charge is 0.0128 e. The van der Waals surface area contributed by atoms with Gasteiger partial charge in [-0.25, -0.2) is 0 Å². The molecule has 0 aromatic carbocycles. The molecular formula is C13H26N2. The lowest BCUT2D eigenvalue weighted by molar-refractivity contribution is 0.230. The van der Waals surface area contributed by atoms with Crippen LogP contribution in [0.5, 0.6) is 0 Å². The van der Waals surface area contributed by atoms with Crippen molar-refractivity contribution >= 4 is 0 Å². The molecule has 88 valence electrons. The summed E-state index contributed by atoms with van der Waals surface area (Å²) in [5.41, 5.74) is 0.389. The molecule has 0 bridgehead atoms. The predicted octanol–water partition coefficient (Wildman–Crippen LogP) is 2.25. The van der Waals surface area contributed by atoms with Crippen LogP contribution in [0.15, 0.2) is 0 Å². The lowest BCUT2D eigenvalue weighted by Gasteiger charge is -2.25. The molecule has 15 heavy (non-hydrogen) atoms. The van der Waals surface area contributed by atoms with E-state index in [0.717, 1.165) is 12.0 Å². The van der Waals surface area contributed by atoms with E-state index >= 15 is 0 Å². The number of rotatable bonds is 3. The summed E-state index contributed by atoms with van der Waals surface area (Å²) in [5.74, 6) is 0.914. The first-order chi connectivity index (χ1) is 7.11. The lowest BCUT2D eigenvalue weighted by Crippen LogP contribution is -2.31. The zero-order valence-electron chi connectivity index (χ0n) is 10.6. The molecule has 2 fully saturated rings. The van der Waals surface area contributed by atoms with E-state index in [9.17, 15) is 0 Å². The third kappa shape index (κ3) is 2.73. The maximum atomic E-state index is 3.63. The van der Waals surface area contributed by atoms with Crippen molar-refractivity contribution in [3.8, 4) is 0 Å². The van der Waals surface area contributed by atoms with Gasteiger partial charge in [-0.15, -0.1) is 0 Å². The zero-order chi connectivity index (χ0) is 10.9. The molecule has 2 heteroatoms. The van der Waals surface area contributed by atoms with Crippen LogP contribution in [0.4, 0.5) is 0 Å². The van der Waals surface area contributed by atoms with E-state index in [0.29, 0.717) is 5.54 Å². The van der Waals surface area contributed by atoms with Crippen molar-refractivity contribution < 1.29 is 0 Å². The molecule has 2 saturated heterocycles. The monoisotopic (exact) mass is 210 g/mol. The lowest BCUT2D eigenvalue weighted by atomic mass is 9.91. The minimum atomic E-state index is 0.389. The van der Waals surface area contributed by atoms with Gasteiger partial charge in [-0.05, 0) is 65.1 Å². The summed E-state index contributed by atoms with van der Waals surface area (Å²) in [4.78, 5) is 2.67. The van der Waals surface area contributed by atoms with Crippen LogP contribution in [0, 0.1) is 5.92 Å². The molecule has 1 N–H and O–H groups in total. The quantitative estimate of drug-likeness (QED) is 0.768. The second kappa shape index (κ2) is 4.42. The fourth-order valence-electron chi connectivity index (χ4n) is 3.42. The number of likely N-dealkylation sites (tertiary alicyclic amines) is 1. The number of hydrogen-bond donors (Lipinski definition) is 1. The van der Waals surface area contributed by atoms with Gasteiger partial charge < -0.3 is 10.2 Å². The van der Waals surface area contributed by atoms with E-state index < -0.39 is 0 Å². The minimum absolute atomic E-state index is 0.389. The standard InChI is InChI=1S/C13H26N2/c1-4-15-7-5-6-12(15)8-11-9-13(2,3)14-10-11/h11-12,14H,4-10H2,1-3H3. The molecule has 0 aliphatic carbocycles. The molecule has 0 aromatic rings. The number of nitrogens with zero attached hydrogens (tertiary/aromatic N) is 1. The highest BCUT2D eigenvalue weighted by Gasteiger charge is 2.33. The highest BCUT2D eigenvalue weighted by molar-refractivity contribution is 4.92. The van der Waals surface area contributed by atoms with Crippen molar-refractivity contribution in [2.45, 2.75) is 58.0 Å². The largest absolute Gasteiger partial charge is 0.312 e. The molecule has 0 saturated carbocycles. The van der Waals surface area contributed by atoms with Gasteiger partial charge in [0.05, 0.1) is 0 Å². The maximum absolute atomic E-state index is 3.63. The minimum Gasteiger partial charge on any atom is -0.312 e. The van der Waals surface area contributed by atoms with E-state index in [1.165, 1.54) is 45.3 Å². The Morgan fingerprint density at radius 3 is 2.80 bits per heavy atom. The topological polar surface area (TPSA) is 15.3 Å². The van der Waals surface area contributed by atoms with Crippen LogP contribution in [0.3, 0.4) is 0 Å². The van der Waals surface area contributed by atoms with Gasteiger partial charge in [0.2, 0.25) is 0 Å². The summed E-state index contributed by atoms with van der Waals surface area (Å²) in [6, 6.07) is 0.885. The molecule has 2 nitrogen and oxygen atoms in total. The van der Waals surface area contributed by atoms with E-state index in [4.69, 9.17) is 0 Å². The fraction of sp³-hybridized carbons (Fsp3) is 1.00. The average molecular weight is 210 g/mol. The molecule has 0 amide bonds. The normalized spacial score (nSPS) is 36.2. The average Bonchev–Trinajstić information content (AvgIpc) is 2.73. The van der Waals surface area contributed by atoms with Gasteiger partial charge in [0.15, 0.2) is 0 Å². The van der Waals surface area contributed by atoms with Crippen molar-refractivity contribution in [1.82, 2.24) is 10.2 Å². The van der Waals surface area contributed by atoms with Crippen LogP contribution >= 0.6 is 0 Å². The fourth-order valence-corrected chi connectivity index (χ4v) is 3.42. The summed E-state index contributed by atoms with van der Waals surface area (Å²) >= 11 is 0. The molecule has 2 unspecified atom stereocenters. The van der Waals surface area contributed by atoms with E-state index in [1.807, 2.05) is 0 Å². The molecule has 2 atom stereocenters. The van der Waals surface area contributed by atoms with Crippen molar-refractivity contribution in [2.24, 2.45) is 5.92 Å². The van der Waals surface area contributed by atoms with Gasteiger partial charge in [-0.3, -0.25) is 0 Å². The summed E-state index contributed by atoms with van der Waals surface area (Å²) in [6.45, 7) is 10.8. The third-order valence-electron chi connectivity index (χ3n) is 4.18. The Kier molecular flexibility index (Phi) is 3.36. The van der Waals surface area contributed by atoms with Crippen LogP contribution in [0.1, 0.15) is 46.5 Å². The molecule has 2 aliphatic rings. The molecule has 0 radical (unpaired) electrons. The Hall–Kier alpha value is -0.0800. The third-order valence-corrected chi connectivity index (χ3v) is 4.18. The van der Waals surface area contributed by atoms with Crippen LogP contribution in [-0.2, 0) is 0 Å². The van der Waals surface area contributed by atoms with Crippen molar-refractivity contribution in [3.63, 3.8) is 0 Å². The van der Waals surface area contributed by atoms with Crippen LogP contribution in [0.25, 0.3) is 0 Å². The summed E-state index contributed by atoms with van der Waals surface area (Å²) in [7, 11) is 0. The van der Waals surface area contributed by atoms with Gasteiger partial charge in [0, 0.05) is 11.6 Å². The Labute approximate surface area is 94.4 Å².